The molecule has 0 aliphatic carbocycles. The number of carboxylic acids is 1. The Morgan fingerprint density at radius 1 is 1.62 bits per heavy atom. The summed E-state index contributed by atoms with van der Waals surface area (Å²) in [6.07, 6.45) is 2.98. The first kappa shape index (κ1) is 12.5. The van der Waals surface area contributed by atoms with Crippen LogP contribution >= 0.6 is 0 Å². The number of carbonyl (C=O) groups is 2. The van der Waals surface area contributed by atoms with Crippen LogP contribution in [0.25, 0.3) is 0 Å². The fourth-order valence-corrected chi connectivity index (χ4v) is 1.94. The highest BCUT2D eigenvalue weighted by Crippen LogP contribution is 2.24. The van der Waals surface area contributed by atoms with Gasteiger partial charge in [-0.1, -0.05) is 6.08 Å². The molecule has 1 rings (SSSR count). The zero-order valence-corrected chi connectivity index (χ0v) is 9.48. The van der Waals surface area contributed by atoms with Gasteiger partial charge in [-0.2, -0.15) is 0 Å². The maximum Gasteiger partial charge on any atom is 0.317 e. The average molecular weight is 226 g/mol. The molecule has 0 radical (unpaired) electrons. The third kappa shape index (κ3) is 2.74. The number of amides is 2. The Balaban J connectivity index is 2.46. The monoisotopic (exact) mass is 226 g/mol. The molecule has 0 spiro atoms. The SMILES string of the molecule is C=CCCNC(=O)N1CCC(C(=O)O)C1C. The lowest BCUT2D eigenvalue weighted by Crippen LogP contribution is -2.44. The number of nitrogens with one attached hydrogen (secondary N) is 1. The van der Waals surface area contributed by atoms with Gasteiger partial charge >= 0.3 is 12.0 Å². The minimum atomic E-state index is -0.825. The summed E-state index contributed by atoms with van der Waals surface area (Å²) in [5.74, 6) is -1.26. The topological polar surface area (TPSA) is 69.6 Å². The highest BCUT2D eigenvalue weighted by molar-refractivity contribution is 5.78. The smallest absolute Gasteiger partial charge is 0.317 e. The van der Waals surface area contributed by atoms with Crippen LogP contribution in [0.1, 0.15) is 19.8 Å². The molecule has 0 aromatic rings. The lowest BCUT2D eigenvalue weighted by Gasteiger charge is -2.23. The Bertz CT molecular complexity index is 291. The van der Waals surface area contributed by atoms with E-state index in [1.807, 2.05) is 0 Å². The van der Waals surface area contributed by atoms with Gasteiger partial charge in [0.05, 0.1) is 5.92 Å². The average Bonchev–Trinajstić information content (AvgIpc) is 2.60. The summed E-state index contributed by atoms with van der Waals surface area (Å²) < 4.78 is 0. The molecule has 2 amide bonds. The van der Waals surface area contributed by atoms with Crippen LogP contribution in [0.15, 0.2) is 12.7 Å². The van der Waals surface area contributed by atoms with Gasteiger partial charge < -0.3 is 15.3 Å². The molecule has 2 N–H and O–H groups in total. The first-order valence-corrected chi connectivity index (χ1v) is 5.46. The van der Waals surface area contributed by atoms with Crippen molar-refractivity contribution in [3.05, 3.63) is 12.7 Å². The summed E-state index contributed by atoms with van der Waals surface area (Å²) in [5, 5.41) is 11.7. The van der Waals surface area contributed by atoms with Crippen LogP contribution in [0, 0.1) is 5.92 Å². The molecule has 90 valence electrons. The number of rotatable bonds is 4. The molecule has 5 nitrogen and oxygen atoms in total. The van der Waals surface area contributed by atoms with Crippen LogP contribution in [0.3, 0.4) is 0 Å². The van der Waals surface area contributed by atoms with Crippen LogP contribution in [-0.2, 0) is 4.79 Å². The molecule has 0 aromatic heterocycles. The molecule has 5 heteroatoms. The van der Waals surface area contributed by atoms with Crippen molar-refractivity contribution in [2.45, 2.75) is 25.8 Å². The normalized spacial score (nSPS) is 24.2. The van der Waals surface area contributed by atoms with Gasteiger partial charge in [-0.3, -0.25) is 4.79 Å². The predicted octanol–water partition coefficient (Wildman–Crippen LogP) is 1.07. The predicted molar refractivity (Wildman–Crippen MR) is 60.1 cm³/mol. The summed E-state index contributed by atoms with van der Waals surface area (Å²) in [5.41, 5.74) is 0. The van der Waals surface area contributed by atoms with E-state index in [0.29, 0.717) is 19.5 Å². The van der Waals surface area contributed by atoms with Gasteiger partial charge in [0.15, 0.2) is 0 Å². The van der Waals surface area contributed by atoms with Crippen molar-refractivity contribution in [3.63, 3.8) is 0 Å². The number of nitrogens with zero attached hydrogens (tertiary/aromatic N) is 1. The number of carbonyl (C=O) groups excluding carboxylic acids is 1. The van der Waals surface area contributed by atoms with Crippen LogP contribution in [0.2, 0.25) is 0 Å². The van der Waals surface area contributed by atoms with Gasteiger partial charge in [-0.05, 0) is 19.8 Å². The van der Waals surface area contributed by atoms with E-state index in [-0.39, 0.29) is 12.1 Å². The Hall–Kier alpha value is -1.52. The maximum atomic E-state index is 11.7. The van der Waals surface area contributed by atoms with E-state index >= 15 is 0 Å². The molecule has 1 aliphatic heterocycles. The van der Waals surface area contributed by atoms with Crippen molar-refractivity contribution >= 4 is 12.0 Å². The number of likely N-dealkylation sites (tertiary alicyclic amines) is 1. The third-order valence-electron chi connectivity index (χ3n) is 2.96. The van der Waals surface area contributed by atoms with Gasteiger partial charge in [-0.25, -0.2) is 4.79 Å². The van der Waals surface area contributed by atoms with Crippen molar-refractivity contribution in [3.8, 4) is 0 Å². The molecule has 1 aliphatic rings. The Morgan fingerprint density at radius 3 is 2.81 bits per heavy atom. The van der Waals surface area contributed by atoms with Crippen molar-refractivity contribution < 1.29 is 14.7 Å². The highest BCUT2D eigenvalue weighted by atomic mass is 16.4. The second kappa shape index (κ2) is 5.53. The number of hydrogen-bond donors (Lipinski definition) is 2. The molecule has 1 saturated heterocycles. The Labute approximate surface area is 95.1 Å². The highest BCUT2D eigenvalue weighted by Gasteiger charge is 2.37. The van der Waals surface area contributed by atoms with Crippen molar-refractivity contribution in [2.24, 2.45) is 5.92 Å². The number of aliphatic carboxylic acids is 1. The molecule has 16 heavy (non-hydrogen) atoms. The van der Waals surface area contributed by atoms with Crippen molar-refractivity contribution in [1.29, 1.82) is 0 Å². The second-order valence-corrected chi connectivity index (χ2v) is 3.98. The maximum absolute atomic E-state index is 11.7. The number of urea groups is 1. The fourth-order valence-electron chi connectivity index (χ4n) is 1.94. The quantitative estimate of drug-likeness (QED) is 0.556. The molecule has 2 atom stereocenters. The molecule has 0 saturated carbocycles. The van der Waals surface area contributed by atoms with Crippen molar-refractivity contribution in [1.82, 2.24) is 10.2 Å². The van der Waals surface area contributed by atoms with Gasteiger partial charge in [0, 0.05) is 19.1 Å². The molecule has 2 unspecified atom stereocenters. The summed E-state index contributed by atoms with van der Waals surface area (Å²) in [4.78, 5) is 24.1. The summed E-state index contributed by atoms with van der Waals surface area (Å²) in [6, 6.07) is -0.417. The summed E-state index contributed by atoms with van der Waals surface area (Å²) >= 11 is 0. The zero-order valence-electron chi connectivity index (χ0n) is 9.48. The first-order chi connectivity index (χ1) is 7.57. The fraction of sp³-hybridized carbons (Fsp3) is 0.636. The molecular formula is C11H18N2O3. The Kier molecular flexibility index (Phi) is 4.34. The van der Waals surface area contributed by atoms with Gasteiger partial charge in [0.25, 0.3) is 0 Å². The van der Waals surface area contributed by atoms with Crippen molar-refractivity contribution in [2.75, 3.05) is 13.1 Å². The molecule has 1 heterocycles. The van der Waals surface area contributed by atoms with E-state index in [4.69, 9.17) is 5.11 Å². The largest absolute Gasteiger partial charge is 0.481 e. The first-order valence-electron chi connectivity index (χ1n) is 5.46. The summed E-state index contributed by atoms with van der Waals surface area (Å²) in [7, 11) is 0. The lowest BCUT2D eigenvalue weighted by molar-refractivity contribution is -0.142. The molecular weight excluding hydrogens is 208 g/mol. The van der Waals surface area contributed by atoms with E-state index < -0.39 is 11.9 Å². The van der Waals surface area contributed by atoms with E-state index in [0.717, 1.165) is 6.42 Å². The van der Waals surface area contributed by atoms with Crippen LogP contribution in [-0.4, -0.2) is 41.1 Å². The minimum Gasteiger partial charge on any atom is -0.481 e. The van der Waals surface area contributed by atoms with E-state index in [2.05, 4.69) is 11.9 Å². The standard InChI is InChI=1S/C11H18N2O3/c1-3-4-6-12-11(16)13-7-5-9(8(13)2)10(14)15/h3,8-9H,1,4-7H2,2H3,(H,12,16)(H,14,15). The number of carboxylic acid groups (broad SMARTS) is 1. The van der Waals surface area contributed by atoms with Crippen LogP contribution in [0.4, 0.5) is 4.79 Å². The van der Waals surface area contributed by atoms with E-state index in [1.54, 1.807) is 17.9 Å². The van der Waals surface area contributed by atoms with Crippen LogP contribution < -0.4 is 5.32 Å². The zero-order chi connectivity index (χ0) is 12.1. The van der Waals surface area contributed by atoms with Gasteiger partial charge in [-0.15, -0.1) is 6.58 Å². The summed E-state index contributed by atoms with van der Waals surface area (Å²) in [6.45, 7) is 6.40. The Morgan fingerprint density at radius 2 is 2.31 bits per heavy atom. The minimum absolute atomic E-state index is 0.182. The number of hydrogen-bond acceptors (Lipinski definition) is 2. The molecule has 0 bridgehead atoms. The van der Waals surface area contributed by atoms with Gasteiger partial charge in [0.1, 0.15) is 0 Å². The molecule has 1 fully saturated rings. The third-order valence-corrected chi connectivity index (χ3v) is 2.96. The van der Waals surface area contributed by atoms with E-state index in [1.165, 1.54) is 0 Å². The van der Waals surface area contributed by atoms with E-state index in [9.17, 15) is 9.59 Å². The van der Waals surface area contributed by atoms with Crippen LogP contribution in [0.5, 0.6) is 0 Å². The van der Waals surface area contributed by atoms with Gasteiger partial charge in [0.2, 0.25) is 0 Å². The second-order valence-electron chi connectivity index (χ2n) is 3.98. The molecule has 0 aromatic carbocycles. The lowest BCUT2D eigenvalue weighted by atomic mass is 10.0.